The first-order valence-corrected chi connectivity index (χ1v) is 6.63. The van der Waals surface area contributed by atoms with Crippen molar-refractivity contribution in [2.45, 2.75) is 0 Å². The summed E-state index contributed by atoms with van der Waals surface area (Å²) in [6.45, 7) is 0. The fraction of sp³-hybridized carbons (Fsp3) is 0. The van der Waals surface area contributed by atoms with E-state index in [0.29, 0.717) is 11.3 Å². The number of anilines is 1. The van der Waals surface area contributed by atoms with Gasteiger partial charge in [-0.2, -0.15) is 5.10 Å². The molecule has 0 radical (unpaired) electrons. The molecule has 0 saturated heterocycles. The molecule has 0 unspecified atom stereocenters. The number of amides is 2. The molecule has 0 spiro atoms. The summed E-state index contributed by atoms with van der Waals surface area (Å²) < 4.78 is 0. The molecule has 2 rings (SSSR count). The number of nitrogens with one attached hydrogen (secondary N) is 2. The fourth-order valence-corrected chi connectivity index (χ4v) is 1.74. The van der Waals surface area contributed by atoms with Crippen LogP contribution in [0.3, 0.4) is 0 Å². The Labute approximate surface area is 135 Å². The molecule has 0 aliphatic heterocycles. The second-order valence-electron chi connectivity index (χ2n) is 4.56. The van der Waals surface area contributed by atoms with E-state index in [0.717, 1.165) is 0 Å². The van der Waals surface area contributed by atoms with E-state index in [-0.39, 0.29) is 11.3 Å². The molecule has 0 bridgehead atoms. The number of nitro benzene ring substituents is 1. The van der Waals surface area contributed by atoms with E-state index in [4.69, 9.17) is 5.11 Å². The van der Waals surface area contributed by atoms with E-state index in [9.17, 15) is 19.7 Å². The monoisotopic (exact) mass is 328 g/mol. The number of carboxylic acids is 1. The third-order valence-corrected chi connectivity index (χ3v) is 2.85. The van der Waals surface area contributed by atoms with Crippen molar-refractivity contribution in [1.82, 2.24) is 5.43 Å². The lowest BCUT2D eigenvalue weighted by molar-refractivity contribution is -0.384. The molecule has 0 aliphatic rings. The molecule has 0 aromatic heterocycles. The average Bonchev–Trinajstić information content (AvgIpc) is 2.55. The number of rotatable bonds is 5. The number of aromatic carboxylic acids is 1. The van der Waals surface area contributed by atoms with Crippen molar-refractivity contribution in [3.8, 4) is 0 Å². The highest BCUT2D eigenvalue weighted by Crippen LogP contribution is 2.11. The van der Waals surface area contributed by atoms with Gasteiger partial charge in [0.05, 0.1) is 16.7 Å². The molecule has 3 N–H and O–H groups in total. The van der Waals surface area contributed by atoms with Gasteiger partial charge in [0, 0.05) is 17.8 Å². The summed E-state index contributed by atoms with van der Waals surface area (Å²) in [6, 6.07) is 10.7. The van der Waals surface area contributed by atoms with E-state index in [1.165, 1.54) is 54.7 Å². The van der Waals surface area contributed by atoms with E-state index in [1.807, 2.05) is 0 Å². The zero-order chi connectivity index (χ0) is 17.5. The summed E-state index contributed by atoms with van der Waals surface area (Å²) in [5.41, 5.74) is 3.07. The standard InChI is InChI=1S/C15H12N4O5/c20-14(21)11-2-1-3-12(8-11)17-15(22)18-16-9-10-4-6-13(7-5-10)19(23)24/h1-9H,(H,20,21)(H2,17,18,22)/b16-9+. The highest BCUT2D eigenvalue weighted by Gasteiger charge is 2.05. The normalized spacial score (nSPS) is 10.3. The number of carboxylic acid groups (broad SMARTS) is 1. The molecular weight excluding hydrogens is 316 g/mol. The Bertz CT molecular complexity index is 802. The van der Waals surface area contributed by atoms with Crippen molar-refractivity contribution in [3.05, 3.63) is 69.8 Å². The SMILES string of the molecule is O=C(N/N=C/c1ccc([N+](=O)[O-])cc1)Nc1cccc(C(=O)O)c1. The molecule has 0 saturated carbocycles. The van der Waals surface area contributed by atoms with Gasteiger partial charge in [-0.3, -0.25) is 10.1 Å². The van der Waals surface area contributed by atoms with Gasteiger partial charge < -0.3 is 10.4 Å². The van der Waals surface area contributed by atoms with Crippen LogP contribution in [0.15, 0.2) is 53.6 Å². The van der Waals surface area contributed by atoms with Crippen LogP contribution >= 0.6 is 0 Å². The maximum atomic E-state index is 11.7. The van der Waals surface area contributed by atoms with Gasteiger partial charge in [0.25, 0.3) is 5.69 Å². The predicted octanol–water partition coefficient (Wildman–Crippen LogP) is 2.45. The second kappa shape index (κ2) is 7.49. The van der Waals surface area contributed by atoms with Crippen molar-refractivity contribution >= 4 is 29.6 Å². The van der Waals surface area contributed by atoms with Crippen LogP contribution in [0.4, 0.5) is 16.2 Å². The predicted molar refractivity (Wildman–Crippen MR) is 86.2 cm³/mol. The number of carbonyl (C=O) groups excluding carboxylic acids is 1. The molecule has 0 atom stereocenters. The first kappa shape index (κ1) is 16.6. The third kappa shape index (κ3) is 4.63. The molecule has 24 heavy (non-hydrogen) atoms. The Morgan fingerprint density at radius 1 is 1.17 bits per heavy atom. The van der Waals surface area contributed by atoms with Gasteiger partial charge >= 0.3 is 12.0 Å². The lowest BCUT2D eigenvalue weighted by atomic mass is 10.2. The molecule has 122 valence electrons. The van der Waals surface area contributed by atoms with Gasteiger partial charge in [-0.05, 0) is 35.9 Å². The zero-order valence-electron chi connectivity index (χ0n) is 12.2. The van der Waals surface area contributed by atoms with Gasteiger partial charge in [0.2, 0.25) is 0 Å². The van der Waals surface area contributed by atoms with Gasteiger partial charge in [0.15, 0.2) is 0 Å². The number of benzene rings is 2. The van der Waals surface area contributed by atoms with Crippen LogP contribution < -0.4 is 10.7 Å². The summed E-state index contributed by atoms with van der Waals surface area (Å²) in [5.74, 6) is -1.10. The number of carbonyl (C=O) groups is 2. The van der Waals surface area contributed by atoms with Gasteiger partial charge in [-0.15, -0.1) is 0 Å². The zero-order valence-corrected chi connectivity index (χ0v) is 12.2. The molecule has 2 amide bonds. The molecule has 9 heteroatoms. The van der Waals surface area contributed by atoms with Crippen LogP contribution in [0, 0.1) is 10.1 Å². The highest BCUT2D eigenvalue weighted by atomic mass is 16.6. The van der Waals surface area contributed by atoms with Crippen molar-refractivity contribution in [2.24, 2.45) is 5.10 Å². The van der Waals surface area contributed by atoms with E-state index >= 15 is 0 Å². The maximum Gasteiger partial charge on any atom is 0.339 e. The van der Waals surface area contributed by atoms with Crippen LogP contribution in [-0.2, 0) is 0 Å². The minimum atomic E-state index is -1.10. The smallest absolute Gasteiger partial charge is 0.339 e. The largest absolute Gasteiger partial charge is 0.478 e. The van der Waals surface area contributed by atoms with Crippen molar-refractivity contribution in [3.63, 3.8) is 0 Å². The summed E-state index contributed by atoms with van der Waals surface area (Å²) in [4.78, 5) is 32.5. The summed E-state index contributed by atoms with van der Waals surface area (Å²) in [6.07, 6.45) is 1.32. The second-order valence-corrected chi connectivity index (χ2v) is 4.56. The molecule has 0 heterocycles. The van der Waals surface area contributed by atoms with Crippen LogP contribution in [-0.4, -0.2) is 28.2 Å². The number of nitrogens with zero attached hydrogens (tertiary/aromatic N) is 2. The minimum absolute atomic E-state index is 0.0437. The lowest BCUT2D eigenvalue weighted by Crippen LogP contribution is -2.24. The number of hydrogen-bond donors (Lipinski definition) is 3. The van der Waals surface area contributed by atoms with E-state index in [2.05, 4.69) is 15.8 Å². The number of hydrogen-bond acceptors (Lipinski definition) is 5. The Balaban J connectivity index is 1.92. The van der Waals surface area contributed by atoms with E-state index < -0.39 is 16.9 Å². The van der Waals surface area contributed by atoms with Crippen molar-refractivity contribution in [1.29, 1.82) is 0 Å². The molecule has 2 aromatic rings. The van der Waals surface area contributed by atoms with Crippen molar-refractivity contribution in [2.75, 3.05) is 5.32 Å². The van der Waals surface area contributed by atoms with Gasteiger partial charge in [0.1, 0.15) is 0 Å². The summed E-state index contributed by atoms with van der Waals surface area (Å²) >= 11 is 0. The van der Waals surface area contributed by atoms with Gasteiger partial charge in [-0.25, -0.2) is 15.0 Å². The molecule has 0 fully saturated rings. The van der Waals surface area contributed by atoms with Crippen molar-refractivity contribution < 1.29 is 19.6 Å². The van der Waals surface area contributed by atoms with Crippen LogP contribution in [0.5, 0.6) is 0 Å². The summed E-state index contributed by atoms with van der Waals surface area (Å²) in [7, 11) is 0. The first-order valence-electron chi connectivity index (χ1n) is 6.63. The third-order valence-electron chi connectivity index (χ3n) is 2.85. The number of non-ortho nitro benzene ring substituents is 1. The molecule has 2 aromatic carbocycles. The Hall–Kier alpha value is -3.75. The van der Waals surface area contributed by atoms with Gasteiger partial charge in [-0.1, -0.05) is 6.07 Å². The Morgan fingerprint density at radius 3 is 2.50 bits per heavy atom. The quantitative estimate of drug-likeness (QED) is 0.440. The van der Waals surface area contributed by atoms with Crippen LogP contribution in [0.1, 0.15) is 15.9 Å². The molecule has 0 aliphatic carbocycles. The molecule has 9 nitrogen and oxygen atoms in total. The highest BCUT2D eigenvalue weighted by molar-refractivity contribution is 5.93. The minimum Gasteiger partial charge on any atom is -0.478 e. The first-order chi connectivity index (χ1) is 11.5. The Morgan fingerprint density at radius 2 is 1.88 bits per heavy atom. The summed E-state index contributed by atoms with van der Waals surface area (Å²) in [5, 5.41) is 25.5. The van der Waals surface area contributed by atoms with E-state index in [1.54, 1.807) is 0 Å². The number of urea groups is 1. The lowest BCUT2D eigenvalue weighted by Gasteiger charge is -2.04. The number of hydrazone groups is 1. The maximum absolute atomic E-state index is 11.7. The number of nitro groups is 1. The Kier molecular flexibility index (Phi) is 5.19. The van der Waals surface area contributed by atoms with Crippen LogP contribution in [0.25, 0.3) is 0 Å². The van der Waals surface area contributed by atoms with Crippen LogP contribution in [0.2, 0.25) is 0 Å². The fourth-order valence-electron chi connectivity index (χ4n) is 1.74. The molecular formula is C15H12N4O5. The average molecular weight is 328 g/mol. The topological polar surface area (TPSA) is 134 Å².